The average molecular weight is 328 g/mol. The van der Waals surface area contributed by atoms with Crippen molar-refractivity contribution in [3.63, 3.8) is 0 Å². The molecule has 0 bridgehead atoms. The van der Waals surface area contributed by atoms with Gasteiger partial charge in [0, 0.05) is 51.2 Å². The third-order valence-corrected chi connectivity index (χ3v) is 5.05. The van der Waals surface area contributed by atoms with Gasteiger partial charge in [-0.2, -0.15) is 5.10 Å². The average Bonchev–Trinajstić information content (AvgIpc) is 3.08. The minimum atomic E-state index is -0.430. The van der Waals surface area contributed by atoms with Gasteiger partial charge in [0.25, 0.3) is 0 Å². The molecule has 7 nitrogen and oxygen atoms in total. The Morgan fingerprint density at radius 2 is 1.88 bits per heavy atom. The zero-order chi connectivity index (χ0) is 16.6. The standard InChI is InChI=1S/C17H24N6O/c1-14-19-15(12-16(20-14)23-7-3-6-18-23)22-10-8-21(9-11-22)13-17(24)4-2-5-17/h3,6-7,12,24H,2,4-5,8-11,13H2,1H3. The number of rotatable bonds is 4. The Bertz CT molecular complexity index is 689. The molecule has 0 radical (unpaired) electrons. The number of piperazine rings is 1. The highest BCUT2D eigenvalue weighted by Gasteiger charge is 2.36. The quantitative estimate of drug-likeness (QED) is 0.903. The van der Waals surface area contributed by atoms with E-state index in [1.807, 2.05) is 25.3 Å². The highest BCUT2D eigenvalue weighted by Crippen LogP contribution is 2.32. The predicted octanol–water partition coefficient (Wildman–Crippen LogP) is 1.01. The van der Waals surface area contributed by atoms with Crippen molar-refractivity contribution in [3.8, 4) is 5.82 Å². The number of aryl methyl sites for hydroxylation is 1. The number of β-amino-alcohol motifs (C(OH)–C–C–N with tert-alkyl or cyclic N) is 1. The highest BCUT2D eigenvalue weighted by atomic mass is 16.3. The summed E-state index contributed by atoms with van der Waals surface area (Å²) < 4.78 is 1.76. The maximum absolute atomic E-state index is 10.3. The first kappa shape index (κ1) is 15.5. The summed E-state index contributed by atoms with van der Waals surface area (Å²) in [5.74, 6) is 2.51. The fourth-order valence-corrected chi connectivity index (χ4v) is 3.51. The van der Waals surface area contributed by atoms with E-state index < -0.39 is 5.60 Å². The van der Waals surface area contributed by atoms with Crippen LogP contribution in [0.1, 0.15) is 25.1 Å². The van der Waals surface area contributed by atoms with Crippen molar-refractivity contribution in [2.75, 3.05) is 37.6 Å². The summed E-state index contributed by atoms with van der Waals surface area (Å²) in [6, 6.07) is 3.89. The summed E-state index contributed by atoms with van der Waals surface area (Å²) >= 11 is 0. The van der Waals surface area contributed by atoms with Gasteiger partial charge in [-0.3, -0.25) is 4.90 Å². The van der Waals surface area contributed by atoms with Gasteiger partial charge in [-0.25, -0.2) is 14.6 Å². The van der Waals surface area contributed by atoms with Crippen molar-refractivity contribution in [2.45, 2.75) is 31.8 Å². The van der Waals surface area contributed by atoms with Gasteiger partial charge in [0.05, 0.1) is 5.60 Å². The maximum Gasteiger partial charge on any atom is 0.159 e. The lowest BCUT2D eigenvalue weighted by atomic mass is 9.80. The van der Waals surface area contributed by atoms with Gasteiger partial charge in [0.2, 0.25) is 0 Å². The Balaban J connectivity index is 1.43. The molecule has 0 atom stereocenters. The van der Waals surface area contributed by atoms with Crippen molar-refractivity contribution in [3.05, 3.63) is 30.4 Å². The van der Waals surface area contributed by atoms with E-state index in [2.05, 4.69) is 24.9 Å². The molecule has 7 heteroatoms. The van der Waals surface area contributed by atoms with Gasteiger partial charge in [0.15, 0.2) is 5.82 Å². The third kappa shape index (κ3) is 3.14. The van der Waals surface area contributed by atoms with E-state index in [-0.39, 0.29) is 0 Å². The van der Waals surface area contributed by atoms with Crippen LogP contribution in [0.25, 0.3) is 5.82 Å². The van der Waals surface area contributed by atoms with Crippen LogP contribution < -0.4 is 4.90 Å². The molecule has 1 saturated carbocycles. The minimum absolute atomic E-state index is 0.430. The second-order valence-corrected chi connectivity index (χ2v) is 6.92. The molecule has 3 heterocycles. The molecule has 0 aromatic carbocycles. The second kappa shape index (κ2) is 6.14. The Labute approximate surface area is 141 Å². The molecule has 2 fully saturated rings. The molecule has 4 rings (SSSR count). The van der Waals surface area contributed by atoms with Crippen LogP contribution in [0, 0.1) is 6.92 Å². The molecule has 1 aliphatic heterocycles. The fraction of sp³-hybridized carbons (Fsp3) is 0.588. The zero-order valence-corrected chi connectivity index (χ0v) is 14.1. The Hall–Kier alpha value is -1.99. The number of aliphatic hydroxyl groups is 1. The summed E-state index contributed by atoms with van der Waals surface area (Å²) in [4.78, 5) is 13.7. The third-order valence-electron chi connectivity index (χ3n) is 5.05. The topological polar surface area (TPSA) is 70.3 Å². The van der Waals surface area contributed by atoms with Crippen molar-refractivity contribution in [1.82, 2.24) is 24.6 Å². The molecule has 128 valence electrons. The molecule has 2 aliphatic rings. The first-order valence-corrected chi connectivity index (χ1v) is 8.67. The molecule has 2 aromatic rings. The van der Waals surface area contributed by atoms with Gasteiger partial charge in [-0.1, -0.05) is 0 Å². The van der Waals surface area contributed by atoms with Crippen LogP contribution in [-0.2, 0) is 0 Å². The van der Waals surface area contributed by atoms with Crippen LogP contribution in [0.15, 0.2) is 24.5 Å². The fourth-order valence-electron chi connectivity index (χ4n) is 3.51. The van der Waals surface area contributed by atoms with E-state index in [0.29, 0.717) is 0 Å². The smallest absolute Gasteiger partial charge is 0.159 e. The Morgan fingerprint density at radius 1 is 1.12 bits per heavy atom. The van der Waals surface area contributed by atoms with E-state index in [0.717, 1.165) is 69.4 Å². The number of hydrogen-bond acceptors (Lipinski definition) is 6. The molecular weight excluding hydrogens is 304 g/mol. The van der Waals surface area contributed by atoms with Crippen molar-refractivity contribution >= 4 is 5.82 Å². The van der Waals surface area contributed by atoms with Gasteiger partial charge < -0.3 is 10.0 Å². The van der Waals surface area contributed by atoms with Gasteiger partial charge >= 0.3 is 0 Å². The molecule has 1 saturated heterocycles. The van der Waals surface area contributed by atoms with E-state index in [4.69, 9.17) is 0 Å². The van der Waals surface area contributed by atoms with Crippen molar-refractivity contribution in [2.24, 2.45) is 0 Å². The summed E-state index contributed by atoms with van der Waals surface area (Å²) in [7, 11) is 0. The summed E-state index contributed by atoms with van der Waals surface area (Å²) in [5.41, 5.74) is -0.430. The monoisotopic (exact) mass is 328 g/mol. The Kier molecular flexibility index (Phi) is 3.97. The maximum atomic E-state index is 10.3. The van der Waals surface area contributed by atoms with Crippen molar-refractivity contribution < 1.29 is 5.11 Å². The van der Waals surface area contributed by atoms with Crippen LogP contribution in [0.3, 0.4) is 0 Å². The second-order valence-electron chi connectivity index (χ2n) is 6.92. The van der Waals surface area contributed by atoms with E-state index in [1.54, 1.807) is 10.9 Å². The summed E-state index contributed by atoms with van der Waals surface area (Å²) in [6.45, 7) is 6.49. The van der Waals surface area contributed by atoms with E-state index in [1.165, 1.54) is 0 Å². The molecule has 1 aliphatic carbocycles. The lowest BCUT2D eigenvalue weighted by Gasteiger charge is -2.43. The summed E-state index contributed by atoms with van der Waals surface area (Å²) in [6.07, 6.45) is 6.70. The molecule has 0 amide bonds. The normalized spacial score (nSPS) is 20.8. The van der Waals surface area contributed by atoms with Crippen LogP contribution in [-0.4, -0.2) is 68.1 Å². The first-order chi connectivity index (χ1) is 11.6. The SMILES string of the molecule is Cc1nc(N2CCN(CC3(O)CCC3)CC2)cc(-n2cccn2)n1. The van der Waals surface area contributed by atoms with E-state index in [9.17, 15) is 5.11 Å². The zero-order valence-electron chi connectivity index (χ0n) is 14.1. The number of aromatic nitrogens is 4. The predicted molar refractivity (Wildman–Crippen MR) is 91.3 cm³/mol. The Morgan fingerprint density at radius 3 is 2.50 bits per heavy atom. The van der Waals surface area contributed by atoms with Gasteiger partial charge in [-0.05, 0) is 32.3 Å². The number of anilines is 1. The number of nitrogens with zero attached hydrogens (tertiary/aromatic N) is 6. The van der Waals surface area contributed by atoms with Gasteiger partial charge in [0.1, 0.15) is 11.6 Å². The lowest BCUT2D eigenvalue weighted by Crippen LogP contribution is -2.54. The molecule has 0 unspecified atom stereocenters. The molecule has 1 N–H and O–H groups in total. The van der Waals surface area contributed by atoms with Crippen molar-refractivity contribution in [1.29, 1.82) is 0 Å². The van der Waals surface area contributed by atoms with Gasteiger partial charge in [-0.15, -0.1) is 0 Å². The minimum Gasteiger partial charge on any atom is -0.389 e. The summed E-state index contributed by atoms with van der Waals surface area (Å²) in [5, 5.41) is 14.6. The van der Waals surface area contributed by atoms with Crippen LogP contribution in [0.4, 0.5) is 5.82 Å². The first-order valence-electron chi connectivity index (χ1n) is 8.67. The molecule has 2 aromatic heterocycles. The largest absolute Gasteiger partial charge is 0.389 e. The molecular formula is C17H24N6O. The lowest BCUT2D eigenvalue weighted by molar-refractivity contribution is -0.0594. The van der Waals surface area contributed by atoms with Crippen LogP contribution in [0.2, 0.25) is 0 Å². The van der Waals surface area contributed by atoms with Crippen LogP contribution in [0.5, 0.6) is 0 Å². The molecule has 0 spiro atoms. The van der Waals surface area contributed by atoms with E-state index >= 15 is 0 Å². The van der Waals surface area contributed by atoms with Crippen LogP contribution >= 0.6 is 0 Å². The molecule has 24 heavy (non-hydrogen) atoms. The highest BCUT2D eigenvalue weighted by molar-refractivity contribution is 5.44. The number of hydrogen-bond donors (Lipinski definition) is 1.